The summed E-state index contributed by atoms with van der Waals surface area (Å²) in [4.78, 5) is 12.4. The fourth-order valence-electron chi connectivity index (χ4n) is 3.28. The highest BCUT2D eigenvalue weighted by molar-refractivity contribution is 5.87. The number of carboxylic acid groups (broad SMARTS) is 1. The second kappa shape index (κ2) is 9.71. The summed E-state index contributed by atoms with van der Waals surface area (Å²) >= 11 is 0. The molecule has 29 heavy (non-hydrogen) atoms. The van der Waals surface area contributed by atoms with Crippen LogP contribution in [0, 0.1) is 0 Å². The van der Waals surface area contributed by atoms with Gasteiger partial charge in [0, 0.05) is 30.2 Å². The Morgan fingerprint density at radius 3 is 2.03 bits per heavy atom. The first-order chi connectivity index (χ1) is 14.0. The van der Waals surface area contributed by atoms with Gasteiger partial charge in [0.15, 0.2) is 0 Å². The van der Waals surface area contributed by atoms with Gasteiger partial charge in [-0.3, -0.25) is 0 Å². The van der Waals surface area contributed by atoms with E-state index in [9.17, 15) is 4.79 Å². The molecule has 1 heterocycles. The Bertz CT molecular complexity index is 1050. The molecule has 0 aliphatic rings. The summed E-state index contributed by atoms with van der Waals surface area (Å²) in [5.41, 5.74) is 4.37. The van der Waals surface area contributed by atoms with Gasteiger partial charge < -0.3 is 14.6 Å². The quantitative estimate of drug-likeness (QED) is 0.517. The number of aromatic carboxylic acids is 1. The molecule has 0 amide bonds. The van der Waals surface area contributed by atoms with Crippen molar-refractivity contribution in [3.63, 3.8) is 0 Å². The lowest BCUT2D eigenvalue weighted by Crippen LogP contribution is -2.10. The number of benzene rings is 3. The average molecular weight is 386 g/mol. The molecule has 4 heteroatoms. The van der Waals surface area contributed by atoms with Crippen LogP contribution < -0.4 is 0 Å². The molecule has 0 spiro atoms. The zero-order chi connectivity index (χ0) is 20.6. The van der Waals surface area contributed by atoms with Crippen molar-refractivity contribution in [1.29, 1.82) is 0 Å². The van der Waals surface area contributed by atoms with Gasteiger partial charge in [0.2, 0.25) is 0 Å². The molecule has 1 aromatic heterocycles. The number of para-hydroxylation sites is 1. The number of hydrogen-bond acceptors (Lipinski definition) is 2. The lowest BCUT2D eigenvalue weighted by Gasteiger charge is -2.07. The van der Waals surface area contributed by atoms with Crippen LogP contribution >= 0.6 is 0 Å². The molecule has 0 unspecified atom stereocenters. The van der Waals surface area contributed by atoms with Crippen molar-refractivity contribution < 1.29 is 9.90 Å². The fourth-order valence-corrected chi connectivity index (χ4v) is 3.28. The normalized spacial score (nSPS) is 10.6. The van der Waals surface area contributed by atoms with E-state index in [2.05, 4.69) is 84.4 Å². The van der Waals surface area contributed by atoms with Gasteiger partial charge in [0.1, 0.15) is 0 Å². The number of nitrogens with zero attached hydrogens (tertiary/aromatic N) is 2. The minimum Gasteiger partial charge on any atom is -0.478 e. The van der Waals surface area contributed by atoms with Crippen molar-refractivity contribution in [2.24, 2.45) is 0 Å². The zero-order valence-corrected chi connectivity index (χ0v) is 16.8. The maximum atomic E-state index is 10.2. The monoisotopic (exact) mass is 386 g/mol. The smallest absolute Gasteiger partial charge is 0.335 e. The van der Waals surface area contributed by atoms with Crippen LogP contribution in [0.3, 0.4) is 0 Å². The van der Waals surface area contributed by atoms with Crippen molar-refractivity contribution in [2.75, 3.05) is 14.1 Å². The maximum Gasteiger partial charge on any atom is 0.335 e. The minimum atomic E-state index is -0.879. The van der Waals surface area contributed by atoms with Crippen molar-refractivity contribution in [1.82, 2.24) is 9.47 Å². The van der Waals surface area contributed by atoms with Crippen molar-refractivity contribution in [2.45, 2.75) is 13.1 Å². The number of rotatable bonds is 5. The molecule has 0 aliphatic heterocycles. The van der Waals surface area contributed by atoms with Crippen LogP contribution in [0.15, 0.2) is 91.1 Å². The van der Waals surface area contributed by atoms with Crippen molar-refractivity contribution >= 4 is 16.9 Å². The Labute approximate surface area is 171 Å². The van der Waals surface area contributed by atoms with Gasteiger partial charge >= 0.3 is 5.97 Å². The summed E-state index contributed by atoms with van der Waals surface area (Å²) in [7, 11) is 4.23. The first-order valence-electron chi connectivity index (χ1n) is 9.58. The van der Waals surface area contributed by atoms with Crippen molar-refractivity contribution in [3.05, 3.63) is 108 Å². The van der Waals surface area contributed by atoms with E-state index < -0.39 is 5.97 Å². The minimum absolute atomic E-state index is 0.331. The third kappa shape index (κ3) is 5.56. The molecule has 0 bridgehead atoms. The Balaban J connectivity index is 0.000000224. The standard InChI is InChI=1S/C18H20N2.C7H6O2/c1-19(2)13-16-14-20(12-15-8-4-3-5-9-15)18-11-7-6-10-17(16)18;8-7(9)6-4-2-1-3-5-6/h3-11,14H,12-13H2,1-2H3;1-5H,(H,8,9). The SMILES string of the molecule is CN(C)Cc1cn(Cc2ccccc2)c2ccccc12.O=C(O)c1ccccc1. The summed E-state index contributed by atoms with van der Waals surface area (Å²) in [5, 5.41) is 9.74. The van der Waals surface area contributed by atoms with E-state index in [-0.39, 0.29) is 0 Å². The first-order valence-corrected chi connectivity index (χ1v) is 9.58. The van der Waals surface area contributed by atoms with E-state index in [1.54, 1.807) is 30.3 Å². The van der Waals surface area contributed by atoms with Crippen LogP contribution in [0.5, 0.6) is 0 Å². The molecule has 4 nitrogen and oxygen atoms in total. The highest BCUT2D eigenvalue weighted by atomic mass is 16.4. The van der Waals surface area contributed by atoms with Gasteiger partial charge in [-0.25, -0.2) is 4.79 Å². The number of carboxylic acids is 1. The molecule has 4 rings (SSSR count). The third-order valence-corrected chi connectivity index (χ3v) is 4.57. The van der Waals surface area contributed by atoms with E-state index in [1.165, 1.54) is 22.0 Å². The predicted octanol–water partition coefficient (Wildman–Crippen LogP) is 5.14. The lowest BCUT2D eigenvalue weighted by molar-refractivity contribution is 0.0697. The molecular weight excluding hydrogens is 360 g/mol. The van der Waals surface area contributed by atoms with Crippen LogP contribution in [0.1, 0.15) is 21.5 Å². The fraction of sp³-hybridized carbons (Fsp3) is 0.160. The van der Waals surface area contributed by atoms with Crippen LogP contribution in [0.25, 0.3) is 10.9 Å². The van der Waals surface area contributed by atoms with Gasteiger partial charge in [0.05, 0.1) is 5.56 Å². The molecule has 0 aliphatic carbocycles. The third-order valence-electron chi connectivity index (χ3n) is 4.57. The molecule has 1 N–H and O–H groups in total. The number of carbonyl (C=O) groups is 1. The molecule has 0 fully saturated rings. The number of aromatic nitrogens is 1. The van der Waals surface area contributed by atoms with Gasteiger partial charge in [-0.05, 0) is 43.4 Å². The second-order valence-corrected chi connectivity index (χ2v) is 7.19. The zero-order valence-electron chi connectivity index (χ0n) is 16.8. The summed E-state index contributed by atoms with van der Waals surface area (Å²) in [5.74, 6) is -0.879. The Kier molecular flexibility index (Phi) is 6.82. The van der Waals surface area contributed by atoms with Gasteiger partial charge in [-0.1, -0.05) is 66.7 Å². The lowest BCUT2D eigenvalue weighted by atomic mass is 10.2. The predicted molar refractivity (Wildman–Crippen MR) is 118 cm³/mol. The Morgan fingerprint density at radius 1 is 0.862 bits per heavy atom. The van der Waals surface area contributed by atoms with Crippen LogP contribution in [-0.2, 0) is 13.1 Å². The summed E-state index contributed by atoms with van der Waals surface area (Å²) in [6, 6.07) is 27.6. The molecule has 0 saturated heterocycles. The van der Waals surface area contributed by atoms with E-state index in [0.717, 1.165) is 13.1 Å². The highest BCUT2D eigenvalue weighted by Gasteiger charge is 2.08. The molecule has 0 radical (unpaired) electrons. The van der Waals surface area contributed by atoms with E-state index >= 15 is 0 Å². The Morgan fingerprint density at radius 2 is 1.45 bits per heavy atom. The van der Waals surface area contributed by atoms with E-state index in [4.69, 9.17) is 5.11 Å². The first kappa shape index (κ1) is 20.4. The average Bonchev–Trinajstić information content (AvgIpc) is 3.07. The number of fused-ring (bicyclic) bond motifs is 1. The summed E-state index contributed by atoms with van der Waals surface area (Å²) < 4.78 is 2.35. The van der Waals surface area contributed by atoms with E-state index in [1.807, 2.05) is 0 Å². The molecule has 4 aromatic rings. The topological polar surface area (TPSA) is 45.5 Å². The van der Waals surface area contributed by atoms with Gasteiger partial charge in [-0.15, -0.1) is 0 Å². The molecule has 0 atom stereocenters. The largest absolute Gasteiger partial charge is 0.478 e. The van der Waals surface area contributed by atoms with Crippen LogP contribution in [0.2, 0.25) is 0 Å². The summed E-state index contributed by atoms with van der Waals surface area (Å²) in [6.07, 6.45) is 2.29. The molecular formula is C25H26N2O2. The Hall–Kier alpha value is -3.37. The van der Waals surface area contributed by atoms with E-state index in [0.29, 0.717) is 5.56 Å². The highest BCUT2D eigenvalue weighted by Crippen LogP contribution is 2.23. The molecule has 3 aromatic carbocycles. The van der Waals surface area contributed by atoms with Crippen LogP contribution in [0.4, 0.5) is 0 Å². The van der Waals surface area contributed by atoms with Gasteiger partial charge in [-0.2, -0.15) is 0 Å². The van der Waals surface area contributed by atoms with Crippen LogP contribution in [-0.4, -0.2) is 34.6 Å². The molecule has 148 valence electrons. The molecule has 0 saturated carbocycles. The number of hydrogen-bond donors (Lipinski definition) is 1. The van der Waals surface area contributed by atoms with Crippen molar-refractivity contribution in [3.8, 4) is 0 Å². The second-order valence-electron chi connectivity index (χ2n) is 7.19. The summed E-state index contributed by atoms with van der Waals surface area (Å²) in [6.45, 7) is 1.90. The van der Waals surface area contributed by atoms with Gasteiger partial charge in [0.25, 0.3) is 0 Å². The maximum absolute atomic E-state index is 10.2.